The summed E-state index contributed by atoms with van der Waals surface area (Å²) >= 11 is 0. The molecule has 0 heterocycles. The van der Waals surface area contributed by atoms with E-state index in [1.807, 2.05) is 0 Å². The number of hydrogen-bond donors (Lipinski definition) is 2. The van der Waals surface area contributed by atoms with E-state index in [2.05, 4.69) is 5.32 Å². The Morgan fingerprint density at radius 1 is 1.46 bits per heavy atom. The molecular formula is C8H18N2O3. The lowest BCUT2D eigenvalue weighted by atomic mass is 10.3. The fourth-order valence-corrected chi connectivity index (χ4v) is 0.652. The van der Waals surface area contributed by atoms with Crippen molar-refractivity contribution in [3.8, 4) is 0 Å². The first kappa shape index (κ1) is 12.3. The van der Waals surface area contributed by atoms with Crippen LogP contribution in [0.3, 0.4) is 0 Å². The second-order valence-corrected chi connectivity index (χ2v) is 2.68. The molecule has 0 aliphatic rings. The van der Waals surface area contributed by atoms with Crippen molar-refractivity contribution >= 4 is 5.91 Å². The third-order valence-corrected chi connectivity index (χ3v) is 1.39. The van der Waals surface area contributed by atoms with Gasteiger partial charge < -0.3 is 20.5 Å². The van der Waals surface area contributed by atoms with E-state index in [1.165, 1.54) is 0 Å². The highest BCUT2D eigenvalue weighted by Crippen LogP contribution is 1.77. The van der Waals surface area contributed by atoms with Crippen LogP contribution in [0.15, 0.2) is 0 Å². The van der Waals surface area contributed by atoms with Gasteiger partial charge in [-0.05, 0) is 6.92 Å². The van der Waals surface area contributed by atoms with Crippen molar-refractivity contribution in [1.29, 1.82) is 0 Å². The molecular weight excluding hydrogens is 172 g/mol. The minimum absolute atomic E-state index is 0.157. The van der Waals surface area contributed by atoms with E-state index >= 15 is 0 Å². The molecule has 13 heavy (non-hydrogen) atoms. The Labute approximate surface area is 78.6 Å². The monoisotopic (exact) mass is 190 g/mol. The predicted octanol–water partition coefficient (Wildman–Crippen LogP) is -0.887. The quantitative estimate of drug-likeness (QED) is 0.511. The zero-order valence-electron chi connectivity index (χ0n) is 8.21. The minimum atomic E-state index is -0.459. The maximum absolute atomic E-state index is 10.9. The van der Waals surface area contributed by atoms with Crippen LogP contribution in [-0.4, -0.2) is 45.4 Å². The van der Waals surface area contributed by atoms with Gasteiger partial charge in [0, 0.05) is 13.7 Å². The molecule has 0 rings (SSSR count). The van der Waals surface area contributed by atoms with E-state index in [9.17, 15) is 4.79 Å². The molecule has 0 aromatic carbocycles. The molecule has 0 aliphatic heterocycles. The highest BCUT2D eigenvalue weighted by molar-refractivity contribution is 5.80. The smallest absolute Gasteiger partial charge is 0.236 e. The van der Waals surface area contributed by atoms with E-state index in [-0.39, 0.29) is 5.91 Å². The largest absolute Gasteiger partial charge is 0.382 e. The molecule has 5 heteroatoms. The van der Waals surface area contributed by atoms with Gasteiger partial charge in [0.05, 0.1) is 25.9 Å². The third-order valence-electron chi connectivity index (χ3n) is 1.39. The van der Waals surface area contributed by atoms with Crippen molar-refractivity contribution in [3.05, 3.63) is 0 Å². The number of methoxy groups -OCH3 is 1. The van der Waals surface area contributed by atoms with Crippen molar-refractivity contribution in [2.75, 3.05) is 33.5 Å². The molecule has 3 N–H and O–H groups in total. The molecule has 1 atom stereocenters. The summed E-state index contributed by atoms with van der Waals surface area (Å²) in [6.45, 7) is 3.73. The summed E-state index contributed by atoms with van der Waals surface area (Å²) in [6.07, 6.45) is 0. The second kappa shape index (κ2) is 7.97. The molecule has 78 valence electrons. The van der Waals surface area contributed by atoms with Gasteiger partial charge in [0.25, 0.3) is 0 Å². The molecule has 0 aliphatic carbocycles. The van der Waals surface area contributed by atoms with Gasteiger partial charge in [0.2, 0.25) is 5.91 Å². The van der Waals surface area contributed by atoms with E-state index in [4.69, 9.17) is 15.2 Å². The maximum Gasteiger partial charge on any atom is 0.236 e. The van der Waals surface area contributed by atoms with Crippen molar-refractivity contribution in [3.63, 3.8) is 0 Å². The fourth-order valence-electron chi connectivity index (χ4n) is 0.652. The summed E-state index contributed by atoms with van der Waals surface area (Å²) in [5, 5.41) is 2.63. The SMILES string of the molecule is COCCOCCNC(=O)[C@H](C)N. The summed E-state index contributed by atoms with van der Waals surface area (Å²) in [5.41, 5.74) is 5.33. The summed E-state index contributed by atoms with van der Waals surface area (Å²) in [7, 11) is 1.61. The van der Waals surface area contributed by atoms with Crippen molar-refractivity contribution in [2.24, 2.45) is 5.73 Å². The molecule has 0 saturated heterocycles. The van der Waals surface area contributed by atoms with Gasteiger partial charge in [-0.1, -0.05) is 0 Å². The van der Waals surface area contributed by atoms with Gasteiger partial charge >= 0.3 is 0 Å². The average molecular weight is 190 g/mol. The molecule has 0 aromatic rings. The van der Waals surface area contributed by atoms with Gasteiger partial charge in [-0.2, -0.15) is 0 Å². The lowest BCUT2D eigenvalue weighted by Crippen LogP contribution is -2.39. The highest BCUT2D eigenvalue weighted by Gasteiger charge is 2.04. The van der Waals surface area contributed by atoms with Crippen molar-refractivity contribution in [1.82, 2.24) is 5.32 Å². The number of rotatable bonds is 7. The molecule has 1 amide bonds. The molecule has 0 unspecified atom stereocenters. The predicted molar refractivity (Wildman–Crippen MR) is 49.4 cm³/mol. The molecule has 0 fully saturated rings. The first-order chi connectivity index (χ1) is 6.18. The summed E-state index contributed by atoms with van der Waals surface area (Å²) < 4.78 is 9.90. The van der Waals surface area contributed by atoms with Crippen LogP contribution in [0.2, 0.25) is 0 Å². The Hall–Kier alpha value is -0.650. The Morgan fingerprint density at radius 2 is 2.15 bits per heavy atom. The molecule has 0 spiro atoms. The number of ether oxygens (including phenoxy) is 2. The van der Waals surface area contributed by atoms with Gasteiger partial charge in [-0.25, -0.2) is 0 Å². The molecule has 0 radical (unpaired) electrons. The number of carbonyl (C=O) groups is 1. The van der Waals surface area contributed by atoms with Crippen LogP contribution >= 0.6 is 0 Å². The standard InChI is InChI=1S/C8H18N2O3/c1-7(9)8(11)10-3-4-13-6-5-12-2/h7H,3-6,9H2,1-2H3,(H,10,11)/t7-/m0/s1. The lowest BCUT2D eigenvalue weighted by Gasteiger charge is -2.07. The van der Waals surface area contributed by atoms with Crippen LogP contribution in [0.1, 0.15) is 6.92 Å². The maximum atomic E-state index is 10.9. The van der Waals surface area contributed by atoms with E-state index in [1.54, 1.807) is 14.0 Å². The Morgan fingerprint density at radius 3 is 2.69 bits per heavy atom. The van der Waals surface area contributed by atoms with Crippen LogP contribution in [0.25, 0.3) is 0 Å². The third kappa shape index (κ3) is 7.70. The van der Waals surface area contributed by atoms with Gasteiger partial charge in [-0.3, -0.25) is 4.79 Å². The average Bonchev–Trinajstić information content (AvgIpc) is 2.10. The summed E-state index contributed by atoms with van der Waals surface area (Å²) in [6, 6.07) is -0.459. The van der Waals surface area contributed by atoms with E-state index in [0.717, 1.165) is 0 Å². The van der Waals surface area contributed by atoms with Crippen molar-refractivity contribution in [2.45, 2.75) is 13.0 Å². The number of hydrogen-bond acceptors (Lipinski definition) is 4. The van der Waals surface area contributed by atoms with Crippen LogP contribution < -0.4 is 11.1 Å². The molecule has 0 saturated carbocycles. The highest BCUT2D eigenvalue weighted by atomic mass is 16.5. The Bertz CT molecular complexity index is 139. The second-order valence-electron chi connectivity index (χ2n) is 2.68. The number of nitrogens with one attached hydrogen (secondary N) is 1. The van der Waals surface area contributed by atoms with Gasteiger partial charge in [0.1, 0.15) is 0 Å². The first-order valence-corrected chi connectivity index (χ1v) is 4.28. The lowest BCUT2D eigenvalue weighted by molar-refractivity contribution is -0.122. The normalized spacial score (nSPS) is 12.5. The van der Waals surface area contributed by atoms with E-state index in [0.29, 0.717) is 26.4 Å². The summed E-state index contributed by atoms with van der Waals surface area (Å²) in [4.78, 5) is 10.9. The van der Waals surface area contributed by atoms with Crippen LogP contribution in [0, 0.1) is 0 Å². The fraction of sp³-hybridized carbons (Fsp3) is 0.875. The number of carbonyl (C=O) groups excluding carboxylic acids is 1. The number of nitrogens with two attached hydrogens (primary N) is 1. The van der Waals surface area contributed by atoms with Crippen LogP contribution in [0.4, 0.5) is 0 Å². The Balaban J connectivity index is 3.12. The Kier molecular flexibility index (Phi) is 7.57. The van der Waals surface area contributed by atoms with Gasteiger partial charge in [0.15, 0.2) is 0 Å². The van der Waals surface area contributed by atoms with Crippen molar-refractivity contribution < 1.29 is 14.3 Å². The van der Waals surface area contributed by atoms with Crippen LogP contribution in [0.5, 0.6) is 0 Å². The zero-order valence-corrected chi connectivity index (χ0v) is 8.21. The molecule has 5 nitrogen and oxygen atoms in total. The number of amides is 1. The van der Waals surface area contributed by atoms with Crippen LogP contribution in [-0.2, 0) is 14.3 Å². The minimum Gasteiger partial charge on any atom is -0.382 e. The zero-order chi connectivity index (χ0) is 10.1. The molecule has 0 aromatic heterocycles. The van der Waals surface area contributed by atoms with Gasteiger partial charge in [-0.15, -0.1) is 0 Å². The first-order valence-electron chi connectivity index (χ1n) is 4.28. The molecule has 0 bridgehead atoms. The topological polar surface area (TPSA) is 73.6 Å². The summed E-state index contributed by atoms with van der Waals surface area (Å²) in [5.74, 6) is -0.157. The van der Waals surface area contributed by atoms with E-state index < -0.39 is 6.04 Å².